The highest BCUT2D eigenvalue weighted by Crippen LogP contribution is 2.11. The molecule has 0 amide bonds. The number of aliphatic hydroxyl groups excluding tert-OH is 1. The molecule has 0 fully saturated rings. The quantitative estimate of drug-likeness (QED) is 0.742. The van der Waals surface area contributed by atoms with Gasteiger partial charge in [0.1, 0.15) is 0 Å². The van der Waals surface area contributed by atoms with Crippen LogP contribution in [-0.2, 0) is 6.42 Å². The Bertz CT molecular complexity index is 310. The van der Waals surface area contributed by atoms with Crippen LogP contribution in [-0.4, -0.2) is 23.8 Å². The topological polar surface area (TPSA) is 32.3 Å². The number of rotatable bonds is 8. The van der Waals surface area contributed by atoms with Crippen molar-refractivity contribution in [3.63, 3.8) is 0 Å². The van der Waals surface area contributed by atoms with Gasteiger partial charge in [0, 0.05) is 18.7 Å². The van der Waals surface area contributed by atoms with Gasteiger partial charge in [0.15, 0.2) is 0 Å². The Balaban J connectivity index is 2.55. The molecule has 1 aromatic carbocycles. The van der Waals surface area contributed by atoms with E-state index in [0.29, 0.717) is 18.0 Å². The number of aliphatic hydroxyl groups is 1. The molecule has 0 heterocycles. The standard InChI is InChI=1S/C16H27NO/c1-4-15(12-14-8-6-5-7-9-14)17-16(10-11-18)13(2)3/h5-9,13,15-18H,4,10-12H2,1-3H3. The van der Waals surface area contributed by atoms with E-state index in [1.807, 2.05) is 0 Å². The van der Waals surface area contributed by atoms with Gasteiger partial charge in [0.25, 0.3) is 0 Å². The molecule has 0 aliphatic heterocycles. The monoisotopic (exact) mass is 249 g/mol. The van der Waals surface area contributed by atoms with Crippen molar-refractivity contribution in [3.05, 3.63) is 35.9 Å². The first-order valence-electron chi connectivity index (χ1n) is 7.08. The van der Waals surface area contributed by atoms with E-state index < -0.39 is 0 Å². The van der Waals surface area contributed by atoms with Crippen molar-refractivity contribution >= 4 is 0 Å². The summed E-state index contributed by atoms with van der Waals surface area (Å²) < 4.78 is 0. The Morgan fingerprint density at radius 3 is 2.33 bits per heavy atom. The van der Waals surface area contributed by atoms with Gasteiger partial charge in [-0.15, -0.1) is 0 Å². The van der Waals surface area contributed by atoms with Gasteiger partial charge >= 0.3 is 0 Å². The second kappa shape index (κ2) is 8.28. The molecule has 102 valence electrons. The van der Waals surface area contributed by atoms with E-state index >= 15 is 0 Å². The summed E-state index contributed by atoms with van der Waals surface area (Å²) in [5, 5.41) is 12.8. The summed E-state index contributed by atoms with van der Waals surface area (Å²) in [6, 6.07) is 11.5. The van der Waals surface area contributed by atoms with Crippen LogP contribution in [0.3, 0.4) is 0 Å². The lowest BCUT2D eigenvalue weighted by atomic mass is 9.97. The predicted octanol–water partition coefficient (Wildman–Crippen LogP) is 3.00. The molecule has 0 radical (unpaired) electrons. The highest BCUT2D eigenvalue weighted by atomic mass is 16.3. The third kappa shape index (κ3) is 5.19. The zero-order valence-corrected chi connectivity index (χ0v) is 11.9. The van der Waals surface area contributed by atoms with Crippen LogP contribution in [0.4, 0.5) is 0 Å². The van der Waals surface area contributed by atoms with Gasteiger partial charge in [-0.05, 0) is 30.7 Å². The maximum Gasteiger partial charge on any atom is 0.0445 e. The van der Waals surface area contributed by atoms with Crippen LogP contribution in [0.25, 0.3) is 0 Å². The molecule has 1 aromatic rings. The molecule has 0 saturated heterocycles. The number of hydrogen-bond donors (Lipinski definition) is 2. The van der Waals surface area contributed by atoms with Crippen molar-refractivity contribution in [1.82, 2.24) is 5.32 Å². The molecular weight excluding hydrogens is 222 g/mol. The van der Waals surface area contributed by atoms with Gasteiger partial charge in [-0.1, -0.05) is 51.1 Å². The average Bonchev–Trinajstić information content (AvgIpc) is 2.38. The highest BCUT2D eigenvalue weighted by Gasteiger charge is 2.17. The Morgan fingerprint density at radius 2 is 1.83 bits per heavy atom. The highest BCUT2D eigenvalue weighted by molar-refractivity contribution is 5.15. The maximum atomic E-state index is 9.12. The van der Waals surface area contributed by atoms with E-state index in [9.17, 15) is 0 Å². The predicted molar refractivity (Wildman–Crippen MR) is 77.7 cm³/mol. The lowest BCUT2D eigenvalue weighted by molar-refractivity contribution is 0.233. The second-order valence-electron chi connectivity index (χ2n) is 5.32. The summed E-state index contributed by atoms with van der Waals surface area (Å²) in [6.07, 6.45) is 3.01. The molecule has 0 saturated carbocycles. The lowest BCUT2D eigenvalue weighted by Gasteiger charge is -2.27. The van der Waals surface area contributed by atoms with Gasteiger partial charge in [-0.3, -0.25) is 0 Å². The van der Waals surface area contributed by atoms with Gasteiger partial charge in [-0.2, -0.15) is 0 Å². The zero-order chi connectivity index (χ0) is 13.4. The molecule has 2 heteroatoms. The summed E-state index contributed by atoms with van der Waals surface area (Å²) in [4.78, 5) is 0. The summed E-state index contributed by atoms with van der Waals surface area (Å²) in [5.41, 5.74) is 1.38. The van der Waals surface area contributed by atoms with Crippen LogP contribution in [0.15, 0.2) is 30.3 Å². The normalized spacial score (nSPS) is 14.7. The third-order valence-corrected chi connectivity index (χ3v) is 3.51. The van der Waals surface area contributed by atoms with Crippen LogP contribution >= 0.6 is 0 Å². The summed E-state index contributed by atoms with van der Waals surface area (Å²) in [6.45, 7) is 6.90. The van der Waals surface area contributed by atoms with E-state index in [-0.39, 0.29) is 6.61 Å². The molecule has 2 nitrogen and oxygen atoms in total. The number of benzene rings is 1. The molecular formula is C16H27NO. The summed E-state index contributed by atoms with van der Waals surface area (Å²) in [5.74, 6) is 0.557. The van der Waals surface area contributed by atoms with Crippen LogP contribution in [0.2, 0.25) is 0 Å². The van der Waals surface area contributed by atoms with Crippen molar-refractivity contribution in [2.45, 2.75) is 52.1 Å². The van der Waals surface area contributed by atoms with E-state index in [2.05, 4.69) is 56.4 Å². The first-order valence-corrected chi connectivity index (χ1v) is 7.08. The van der Waals surface area contributed by atoms with Crippen molar-refractivity contribution in [2.75, 3.05) is 6.61 Å². The SMILES string of the molecule is CCC(Cc1ccccc1)NC(CCO)C(C)C. The van der Waals surface area contributed by atoms with E-state index in [0.717, 1.165) is 19.3 Å². The molecule has 2 atom stereocenters. The average molecular weight is 249 g/mol. The minimum absolute atomic E-state index is 0.262. The first-order chi connectivity index (χ1) is 8.67. The Hall–Kier alpha value is -0.860. The number of hydrogen-bond acceptors (Lipinski definition) is 2. The Kier molecular flexibility index (Phi) is 6.99. The zero-order valence-electron chi connectivity index (χ0n) is 11.9. The molecule has 1 rings (SSSR count). The van der Waals surface area contributed by atoms with E-state index in [4.69, 9.17) is 5.11 Å². The molecule has 2 unspecified atom stereocenters. The third-order valence-electron chi connectivity index (χ3n) is 3.51. The van der Waals surface area contributed by atoms with Crippen molar-refractivity contribution in [3.8, 4) is 0 Å². The smallest absolute Gasteiger partial charge is 0.0445 e. The maximum absolute atomic E-state index is 9.12. The fourth-order valence-corrected chi connectivity index (χ4v) is 2.27. The van der Waals surface area contributed by atoms with Gasteiger partial charge in [0.2, 0.25) is 0 Å². The van der Waals surface area contributed by atoms with E-state index in [1.165, 1.54) is 5.56 Å². The van der Waals surface area contributed by atoms with E-state index in [1.54, 1.807) is 0 Å². The van der Waals surface area contributed by atoms with Gasteiger partial charge < -0.3 is 10.4 Å². The lowest BCUT2D eigenvalue weighted by Crippen LogP contribution is -2.42. The van der Waals surface area contributed by atoms with Crippen molar-refractivity contribution in [1.29, 1.82) is 0 Å². The van der Waals surface area contributed by atoms with Crippen LogP contribution in [0.5, 0.6) is 0 Å². The molecule has 0 spiro atoms. The molecule has 18 heavy (non-hydrogen) atoms. The molecule has 0 aromatic heterocycles. The summed E-state index contributed by atoms with van der Waals surface area (Å²) >= 11 is 0. The second-order valence-corrected chi connectivity index (χ2v) is 5.32. The summed E-state index contributed by atoms with van der Waals surface area (Å²) in [7, 11) is 0. The molecule has 0 bridgehead atoms. The largest absolute Gasteiger partial charge is 0.396 e. The minimum Gasteiger partial charge on any atom is -0.396 e. The number of nitrogens with one attached hydrogen (secondary N) is 1. The van der Waals surface area contributed by atoms with Crippen LogP contribution in [0, 0.1) is 5.92 Å². The fraction of sp³-hybridized carbons (Fsp3) is 0.625. The Morgan fingerprint density at radius 1 is 1.17 bits per heavy atom. The first kappa shape index (κ1) is 15.2. The molecule has 2 N–H and O–H groups in total. The van der Waals surface area contributed by atoms with Crippen LogP contribution in [0.1, 0.15) is 39.2 Å². The fourth-order valence-electron chi connectivity index (χ4n) is 2.27. The Labute approximate surface area is 111 Å². The molecule has 0 aliphatic rings. The van der Waals surface area contributed by atoms with Crippen molar-refractivity contribution < 1.29 is 5.11 Å². The van der Waals surface area contributed by atoms with Gasteiger partial charge in [-0.25, -0.2) is 0 Å². The van der Waals surface area contributed by atoms with Gasteiger partial charge in [0.05, 0.1) is 0 Å². The molecule has 0 aliphatic carbocycles. The van der Waals surface area contributed by atoms with Crippen LogP contribution < -0.4 is 5.32 Å². The van der Waals surface area contributed by atoms with Crippen molar-refractivity contribution in [2.24, 2.45) is 5.92 Å². The minimum atomic E-state index is 0.262.